The fourth-order valence-electron chi connectivity index (χ4n) is 2.36. The Bertz CT molecular complexity index is 721. The first-order valence-electron chi connectivity index (χ1n) is 8.34. The highest BCUT2D eigenvalue weighted by atomic mass is 16.5. The van der Waals surface area contributed by atoms with Crippen LogP contribution in [0.5, 0.6) is 11.5 Å². The van der Waals surface area contributed by atoms with Gasteiger partial charge in [0, 0.05) is 13.1 Å². The van der Waals surface area contributed by atoms with Gasteiger partial charge in [-0.15, -0.1) is 0 Å². The van der Waals surface area contributed by atoms with E-state index in [0.29, 0.717) is 0 Å². The lowest BCUT2D eigenvalue weighted by Gasteiger charge is -2.21. The van der Waals surface area contributed by atoms with Gasteiger partial charge < -0.3 is 19.7 Å². The molecule has 0 heterocycles. The summed E-state index contributed by atoms with van der Waals surface area (Å²) in [5.74, 6) is -2.09. The minimum Gasteiger partial charge on any atom is -0.493 e. The van der Waals surface area contributed by atoms with Crippen molar-refractivity contribution in [2.24, 2.45) is 0 Å². The maximum absolute atomic E-state index is 9.10. The number of benzene rings is 2. The van der Waals surface area contributed by atoms with Gasteiger partial charge in [0.1, 0.15) is 0 Å². The fourth-order valence-corrected chi connectivity index (χ4v) is 2.36. The van der Waals surface area contributed by atoms with E-state index in [4.69, 9.17) is 29.3 Å². The van der Waals surface area contributed by atoms with E-state index in [1.165, 1.54) is 11.1 Å². The highest BCUT2D eigenvalue weighted by Gasteiger charge is 2.08. The molecule has 7 heteroatoms. The predicted octanol–water partition coefficient (Wildman–Crippen LogP) is 2.88. The van der Waals surface area contributed by atoms with Crippen LogP contribution in [0.2, 0.25) is 0 Å². The molecule has 27 heavy (non-hydrogen) atoms. The maximum Gasteiger partial charge on any atom is 0.414 e. The third kappa shape index (κ3) is 7.79. The second kappa shape index (κ2) is 11.5. The summed E-state index contributed by atoms with van der Waals surface area (Å²) in [7, 11) is 3.33. The van der Waals surface area contributed by atoms with Crippen molar-refractivity contribution in [1.82, 2.24) is 4.90 Å². The molecule has 2 rings (SSSR count). The number of carbonyl (C=O) groups is 2. The van der Waals surface area contributed by atoms with Crippen LogP contribution in [0.25, 0.3) is 0 Å². The van der Waals surface area contributed by atoms with Crippen molar-refractivity contribution in [1.29, 1.82) is 0 Å². The zero-order chi connectivity index (χ0) is 20.2. The smallest absolute Gasteiger partial charge is 0.414 e. The topological polar surface area (TPSA) is 96.3 Å². The Labute approximate surface area is 158 Å². The van der Waals surface area contributed by atoms with Crippen molar-refractivity contribution >= 4 is 11.9 Å². The summed E-state index contributed by atoms with van der Waals surface area (Å²) in [6.07, 6.45) is 0. The minimum atomic E-state index is -1.82. The molecule has 7 nitrogen and oxygen atoms in total. The Balaban J connectivity index is 0.000000527. The van der Waals surface area contributed by atoms with Crippen molar-refractivity contribution in [3.05, 3.63) is 59.7 Å². The van der Waals surface area contributed by atoms with E-state index in [2.05, 4.69) is 42.2 Å². The molecule has 0 aliphatic heterocycles. The van der Waals surface area contributed by atoms with E-state index in [0.717, 1.165) is 31.1 Å². The van der Waals surface area contributed by atoms with E-state index in [1.54, 1.807) is 14.2 Å². The van der Waals surface area contributed by atoms with Gasteiger partial charge in [-0.05, 0) is 29.8 Å². The van der Waals surface area contributed by atoms with Gasteiger partial charge in [0.05, 0.1) is 14.2 Å². The van der Waals surface area contributed by atoms with Crippen molar-refractivity contribution in [2.75, 3.05) is 20.8 Å². The lowest BCUT2D eigenvalue weighted by Crippen LogP contribution is -2.22. The molecular formula is C20H25NO6. The number of hydrogen-bond donors (Lipinski definition) is 2. The standard InChI is InChI=1S/C18H23NO2.C2H2O4/c1-4-19(13-15-8-6-5-7-9-15)14-16-10-11-17(20-2)18(12-16)21-3;3-1(4)2(5)6/h5-12H,4,13-14H2,1-3H3;(H,3,4)(H,5,6). The molecule has 0 aliphatic rings. The number of hydrogen-bond acceptors (Lipinski definition) is 5. The summed E-state index contributed by atoms with van der Waals surface area (Å²) >= 11 is 0. The van der Waals surface area contributed by atoms with Crippen LogP contribution in [0.4, 0.5) is 0 Å². The second-order valence-electron chi connectivity index (χ2n) is 5.59. The molecule has 0 aromatic heterocycles. The maximum atomic E-state index is 9.10. The lowest BCUT2D eigenvalue weighted by molar-refractivity contribution is -0.159. The summed E-state index contributed by atoms with van der Waals surface area (Å²) in [5, 5.41) is 14.8. The third-order valence-corrected chi connectivity index (χ3v) is 3.73. The van der Waals surface area contributed by atoms with Crippen molar-refractivity contribution in [2.45, 2.75) is 20.0 Å². The largest absolute Gasteiger partial charge is 0.493 e. The van der Waals surface area contributed by atoms with Crippen LogP contribution in [-0.4, -0.2) is 47.8 Å². The molecule has 146 valence electrons. The summed E-state index contributed by atoms with van der Waals surface area (Å²) in [6.45, 7) is 5.03. The Morgan fingerprint density at radius 3 is 1.89 bits per heavy atom. The van der Waals surface area contributed by atoms with E-state index < -0.39 is 11.9 Å². The van der Waals surface area contributed by atoms with Crippen molar-refractivity contribution < 1.29 is 29.3 Å². The van der Waals surface area contributed by atoms with E-state index in [9.17, 15) is 0 Å². The first-order chi connectivity index (χ1) is 12.9. The average molecular weight is 375 g/mol. The molecule has 0 fully saturated rings. The van der Waals surface area contributed by atoms with Gasteiger partial charge in [-0.25, -0.2) is 9.59 Å². The molecule has 0 aliphatic carbocycles. The zero-order valence-corrected chi connectivity index (χ0v) is 15.7. The quantitative estimate of drug-likeness (QED) is 0.718. The molecule has 0 atom stereocenters. The van der Waals surface area contributed by atoms with Gasteiger partial charge in [-0.1, -0.05) is 43.3 Å². The first-order valence-corrected chi connectivity index (χ1v) is 8.34. The molecule has 0 saturated heterocycles. The normalized spacial score (nSPS) is 9.93. The molecule has 0 unspecified atom stereocenters. The number of nitrogens with zero attached hydrogens (tertiary/aromatic N) is 1. The Morgan fingerprint density at radius 1 is 0.852 bits per heavy atom. The highest BCUT2D eigenvalue weighted by molar-refractivity contribution is 6.27. The SMILES string of the molecule is CCN(Cc1ccccc1)Cc1ccc(OC)c(OC)c1.O=C(O)C(=O)O. The van der Waals surface area contributed by atoms with E-state index in [1.807, 2.05) is 18.2 Å². The summed E-state index contributed by atoms with van der Waals surface area (Å²) in [4.78, 5) is 20.6. The molecule has 0 bridgehead atoms. The van der Waals surface area contributed by atoms with Gasteiger partial charge in [0.25, 0.3) is 0 Å². The molecule has 2 aromatic carbocycles. The minimum absolute atomic E-state index is 0.771. The number of methoxy groups -OCH3 is 2. The fraction of sp³-hybridized carbons (Fsp3) is 0.300. The summed E-state index contributed by atoms with van der Waals surface area (Å²) in [5.41, 5.74) is 2.56. The predicted molar refractivity (Wildman–Crippen MR) is 101 cm³/mol. The van der Waals surface area contributed by atoms with E-state index in [-0.39, 0.29) is 0 Å². The van der Waals surface area contributed by atoms with Gasteiger partial charge >= 0.3 is 11.9 Å². The van der Waals surface area contributed by atoms with Gasteiger partial charge in [-0.2, -0.15) is 0 Å². The Kier molecular flexibility index (Phi) is 9.39. The highest BCUT2D eigenvalue weighted by Crippen LogP contribution is 2.28. The molecule has 2 N–H and O–H groups in total. The van der Waals surface area contributed by atoms with Crippen molar-refractivity contribution in [3.8, 4) is 11.5 Å². The van der Waals surface area contributed by atoms with Gasteiger partial charge in [0.2, 0.25) is 0 Å². The molecule has 0 amide bonds. The van der Waals surface area contributed by atoms with Crippen LogP contribution >= 0.6 is 0 Å². The van der Waals surface area contributed by atoms with Crippen LogP contribution in [-0.2, 0) is 22.7 Å². The number of carboxylic acid groups (broad SMARTS) is 2. The monoisotopic (exact) mass is 375 g/mol. The number of rotatable bonds is 7. The molecule has 2 aromatic rings. The van der Waals surface area contributed by atoms with Crippen molar-refractivity contribution in [3.63, 3.8) is 0 Å². The second-order valence-corrected chi connectivity index (χ2v) is 5.59. The summed E-state index contributed by atoms with van der Waals surface area (Å²) < 4.78 is 10.6. The average Bonchev–Trinajstić information content (AvgIpc) is 2.68. The van der Waals surface area contributed by atoms with Crippen LogP contribution in [0.15, 0.2) is 48.5 Å². The van der Waals surface area contributed by atoms with Crippen LogP contribution in [0.3, 0.4) is 0 Å². The molecular weight excluding hydrogens is 350 g/mol. The molecule has 0 spiro atoms. The van der Waals surface area contributed by atoms with Crippen LogP contribution in [0.1, 0.15) is 18.1 Å². The lowest BCUT2D eigenvalue weighted by atomic mass is 10.1. The molecule has 0 radical (unpaired) electrons. The third-order valence-electron chi connectivity index (χ3n) is 3.73. The summed E-state index contributed by atoms with van der Waals surface area (Å²) in [6, 6.07) is 16.6. The van der Waals surface area contributed by atoms with Gasteiger partial charge in [0.15, 0.2) is 11.5 Å². The zero-order valence-electron chi connectivity index (χ0n) is 15.7. The Morgan fingerprint density at radius 2 is 1.41 bits per heavy atom. The number of carboxylic acids is 2. The van der Waals surface area contributed by atoms with Gasteiger partial charge in [-0.3, -0.25) is 4.90 Å². The van der Waals surface area contributed by atoms with Crippen LogP contribution in [0, 0.1) is 0 Å². The number of ether oxygens (including phenoxy) is 2. The number of aliphatic carboxylic acids is 2. The van der Waals surface area contributed by atoms with E-state index >= 15 is 0 Å². The molecule has 0 saturated carbocycles. The first kappa shape index (κ1) is 22.0. The van der Waals surface area contributed by atoms with Crippen LogP contribution < -0.4 is 9.47 Å². The Hall–Kier alpha value is -3.06.